The maximum absolute atomic E-state index is 13.4. The number of carbonyl (C=O) groups excluding carboxylic acids is 3. The number of sulfonamides is 1. The Morgan fingerprint density at radius 3 is 2.43 bits per heavy atom. The average molecular weight is 661 g/mol. The van der Waals surface area contributed by atoms with Crippen LogP contribution in [0.3, 0.4) is 0 Å². The van der Waals surface area contributed by atoms with Gasteiger partial charge in [0.1, 0.15) is 17.6 Å². The van der Waals surface area contributed by atoms with Crippen LogP contribution in [-0.2, 0) is 42.0 Å². The van der Waals surface area contributed by atoms with Crippen LogP contribution in [0.5, 0.6) is 5.75 Å². The van der Waals surface area contributed by atoms with Gasteiger partial charge in [0.05, 0.1) is 18.6 Å². The number of hydrogen-bond donors (Lipinski definition) is 5. The molecule has 0 fully saturated rings. The van der Waals surface area contributed by atoms with E-state index in [9.17, 15) is 22.8 Å². The molecule has 2 aromatic rings. The maximum Gasteiger partial charge on any atom is 0.325 e. The highest BCUT2D eigenvalue weighted by atomic mass is 32.2. The van der Waals surface area contributed by atoms with Crippen LogP contribution in [0.15, 0.2) is 29.2 Å². The highest BCUT2D eigenvalue weighted by Crippen LogP contribution is 2.26. The summed E-state index contributed by atoms with van der Waals surface area (Å²) >= 11 is 0. The van der Waals surface area contributed by atoms with Crippen molar-refractivity contribution in [1.29, 1.82) is 0 Å². The number of benzene rings is 1. The van der Waals surface area contributed by atoms with E-state index in [4.69, 9.17) is 9.47 Å². The van der Waals surface area contributed by atoms with Gasteiger partial charge in [-0.25, -0.2) is 13.4 Å². The number of amides is 2. The van der Waals surface area contributed by atoms with Crippen molar-refractivity contribution in [1.82, 2.24) is 25.7 Å². The average Bonchev–Trinajstić information content (AvgIpc) is 3.02. The predicted octanol–water partition coefficient (Wildman–Crippen LogP) is 1.90. The summed E-state index contributed by atoms with van der Waals surface area (Å²) in [6.45, 7) is 5.46. The molecule has 1 aromatic carbocycles. The van der Waals surface area contributed by atoms with E-state index in [1.54, 1.807) is 26.0 Å². The number of methoxy groups -OCH3 is 1. The second-order valence-corrected chi connectivity index (χ2v) is 13.0. The molecule has 2 amide bonds. The van der Waals surface area contributed by atoms with Crippen molar-refractivity contribution < 1.29 is 32.3 Å². The van der Waals surface area contributed by atoms with E-state index >= 15 is 0 Å². The molecule has 46 heavy (non-hydrogen) atoms. The normalized spacial score (nSPS) is 13.2. The van der Waals surface area contributed by atoms with Gasteiger partial charge in [0.25, 0.3) is 0 Å². The van der Waals surface area contributed by atoms with Crippen LogP contribution in [0.2, 0.25) is 0 Å². The van der Waals surface area contributed by atoms with E-state index in [-0.39, 0.29) is 36.3 Å². The Morgan fingerprint density at radius 1 is 1.00 bits per heavy atom. The summed E-state index contributed by atoms with van der Waals surface area (Å²) in [6.07, 6.45) is 5.29. The molecule has 1 aliphatic rings. The lowest BCUT2D eigenvalue weighted by Crippen LogP contribution is -2.49. The first-order valence-corrected chi connectivity index (χ1v) is 17.3. The molecule has 254 valence electrons. The number of nitrogens with zero attached hydrogens (tertiary/aromatic N) is 1. The number of hydrogen-bond acceptors (Lipinski definition) is 10. The number of likely N-dealkylation sites (N-methyl/N-ethyl adjacent to an activating group) is 1. The first-order chi connectivity index (χ1) is 22.0. The van der Waals surface area contributed by atoms with Crippen molar-refractivity contribution >= 4 is 33.6 Å². The van der Waals surface area contributed by atoms with E-state index in [1.165, 1.54) is 5.56 Å². The van der Waals surface area contributed by atoms with Gasteiger partial charge >= 0.3 is 5.97 Å². The number of esters is 1. The number of unbranched alkanes of at least 4 members (excludes halogenated alkanes) is 1. The fourth-order valence-electron chi connectivity index (χ4n) is 5.22. The lowest BCUT2D eigenvalue weighted by molar-refractivity contribution is -0.142. The van der Waals surface area contributed by atoms with Crippen LogP contribution in [-0.4, -0.2) is 84.2 Å². The molecule has 1 aromatic heterocycles. The Kier molecular flexibility index (Phi) is 14.7. The number of carbonyl (C=O) groups is 3. The smallest absolute Gasteiger partial charge is 0.325 e. The minimum Gasteiger partial charge on any atom is -0.494 e. The van der Waals surface area contributed by atoms with Crippen molar-refractivity contribution in [2.75, 3.05) is 52.3 Å². The minimum atomic E-state index is -4.17. The summed E-state index contributed by atoms with van der Waals surface area (Å²) < 4.78 is 39.8. The zero-order chi connectivity index (χ0) is 33.5. The summed E-state index contributed by atoms with van der Waals surface area (Å²) in [7, 11) is -1.21. The van der Waals surface area contributed by atoms with Crippen LogP contribution in [0, 0.1) is 13.8 Å². The Labute approximate surface area is 272 Å². The largest absolute Gasteiger partial charge is 0.494 e. The van der Waals surface area contributed by atoms with Crippen LogP contribution >= 0.6 is 0 Å². The molecule has 3 rings (SSSR count). The number of anilines is 1. The van der Waals surface area contributed by atoms with Crippen molar-refractivity contribution in [3.05, 3.63) is 46.6 Å². The molecule has 14 heteroatoms. The fourth-order valence-corrected chi connectivity index (χ4v) is 6.86. The zero-order valence-electron chi connectivity index (χ0n) is 27.3. The molecule has 1 aliphatic heterocycles. The molecule has 2 heterocycles. The van der Waals surface area contributed by atoms with Crippen molar-refractivity contribution in [3.8, 4) is 5.75 Å². The second kappa shape index (κ2) is 18.4. The Morgan fingerprint density at radius 2 is 1.72 bits per heavy atom. The molecule has 13 nitrogen and oxygen atoms in total. The Balaban J connectivity index is 1.49. The molecule has 5 N–H and O–H groups in total. The van der Waals surface area contributed by atoms with Crippen molar-refractivity contribution in [2.45, 2.75) is 76.2 Å². The molecule has 0 unspecified atom stereocenters. The standard InChI is InChI=1S/C32H48N6O7S/c1-22-19-26(45-18-8-12-28(39)34-17-16-33-3)20-23(2)30(22)46(42,43)38-27(32(41)44-4)21-36-29(40)11-6-5-10-25-14-13-24-9-7-15-35-31(24)37-25/h13-14,19-20,27,33,38H,5-12,15-18,21H2,1-4H3,(H,34,39)(H,35,37)(H,36,40)/t27-/m0/s1. The fraction of sp³-hybridized carbons (Fsp3) is 0.562. The lowest BCUT2D eigenvalue weighted by Gasteiger charge is -2.20. The van der Waals surface area contributed by atoms with Gasteiger partial charge in [-0.05, 0) is 94.3 Å². The van der Waals surface area contributed by atoms with Gasteiger partial charge < -0.3 is 30.7 Å². The predicted molar refractivity (Wildman–Crippen MR) is 175 cm³/mol. The summed E-state index contributed by atoms with van der Waals surface area (Å²) in [5.41, 5.74) is 3.04. The SMILES string of the molecule is CNCCNC(=O)CCCOc1cc(C)c(S(=O)(=O)N[C@@H](CNC(=O)CCCCc2ccc3c(n2)NCCC3)C(=O)OC)c(C)c1. The highest BCUT2D eigenvalue weighted by molar-refractivity contribution is 7.89. The summed E-state index contributed by atoms with van der Waals surface area (Å²) in [5.74, 6) is 0.242. The zero-order valence-corrected chi connectivity index (χ0v) is 28.1. The molecule has 0 bridgehead atoms. The Hall–Kier alpha value is -3.75. The highest BCUT2D eigenvalue weighted by Gasteiger charge is 2.29. The molecular weight excluding hydrogens is 612 g/mol. The first-order valence-electron chi connectivity index (χ1n) is 15.8. The number of pyridine rings is 1. The molecule has 0 spiro atoms. The number of fused-ring (bicyclic) bond motifs is 1. The number of aromatic nitrogens is 1. The van der Waals surface area contributed by atoms with E-state index in [2.05, 4.69) is 37.0 Å². The van der Waals surface area contributed by atoms with Gasteiger partial charge in [-0.1, -0.05) is 6.07 Å². The maximum atomic E-state index is 13.4. The van der Waals surface area contributed by atoms with Gasteiger partial charge in [-0.2, -0.15) is 4.72 Å². The molecule has 0 aliphatic carbocycles. The molecular formula is C32H48N6O7S. The van der Waals surface area contributed by atoms with E-state index in [1.807, 2.05) is 13.1 Å². The first kappa shape index (κ1) is 36.7. The van der Waals surface area contributed by atoms with Crippen molar-refractivity contribution in [3.63, 3.8) is 0 Å². The third-order valence-corrected chi connectivity index (χ3v) is 9.32. The minimum absolute atomic E-state index is 0.00924. The van der Waals surface area contributed by atoms with Crippen LogP contribution in [0.25, 0.3) is 0 Å². The van der Waals surface area contributed by atoms with E-state index in [0.717, 1.165) is 50.8 Å². The number of aryl methyl sites for hydroxylation is 4. The second-order valence-electron chi connectivity index (χ2n) is 11.3. The van der Waals surface area contributed by atoms with Gasteiger partial charge in [0.15, 0.2) is 0 Å². The third-order valence-electron chi connectivity index (χ3n) is 7.54. The molecule has 0 saturated carbocycles. The number of nitrogens with one attached hydrogen (secondary N) is 5. The Bertz CT molecular complexity index is 1430. The summed E-state index contributed by atoms with van der Waals surface area (Å²) in [6, 6.07) is 6.01. The van der Waals surface area contributed by atoms with E-state index in [0.29, 0.717) is 49.2 Å². The lowest BCUT2D eigenvalue weighted by atomic mass is 10.1. The van der Waals surface area contributed by atoms with Gasteiger partial charge in [-0.3, -0.25) is 14.4 Å². The van der Waals surface area contributed by atoms with E-state index < -0.39 is 22.0 Å². The summed E-state index contributed by atoms with van der Waals surface area (Å²) in [4.78, 5) is 41.6. The van der Waals surface area contributed by atoms with Gasteiger partial charge in [0.2, 0.25) is 21.8 Å². The van der Waals surface area contributed by atoms with Crippen LogP contribution in [0.4, 0.5) is 5.82 Å². The number of rotatable bonds is 19. The number of ether oxygens (including phenoxy) is 2. The molecule has 1 atom stereocenters. The monoisotopic (exact) mass is 660 g/mol. The van der Waals surface area contributed by atoms with Crippen molar-refractivity contribution in [2.24, 2.45) is 0 Å². The molecule has 0 radical (unpaired) electrons. The summed E-state index contributed by atoms with van der Waals surface area (Å²) in [5, 5.41) is 11.7. The third kappa shape index (κ3) is 11.6. The van der Waals surface area contributed by atoms with Crippen LogP contribution in [0.1, 0.15) is 60.9 Å². The van der Waals surface area contributed by atoms with Gasteiger partial charge in [-0.15, -0.1) is 0 Å². The molecule has 0 saturated heterocycles. The van der Waals surface area contributed by atoms with Crippen LogP contribution < -0.4 is 30.7 Å². The quantitative estimate of drug-likeness (QED) is 0.111. The van der Waals surface area contributed by atoms with Gasteiger partial charge in [0, 0.05) is 44.7 Å². The topological polar surface area (TPSA) is 177 Å².